The molecule has 0 aliphatic rings. The first-order valence-electron chi connectivity index (χ1n) is 8.86. The number of methoxy groups -OCH3 is 3. The summed E-state index contributed by atoms with van der Waals surface area (Å²) in [5.41, 5.74) is 1.57. The van der Waals surface area contributed by atoms with Crippen LogP contribution in [0.3, 0.4) is 0 Å². The number of ether oxygens (including phenoxy) is 4. The Balaban J connectivity index is 2.00. The molecule has 1 N–H and O–H groups in total. The smallest absolute Gasteiger partial charge is 0.216 e. The van der Waals surface area contributed by atoms with Crippen LogP contribution in [0.1, 0.15) is 12.5 Å². The molecule has 0 saturated heterocycles. The molecule has 0 fully saturated rings. The van der Waals surface area contributed by atoms with Crippen molar-refractivity contribution in [1.29, 1.82) is 0 Å². The van der Waals surface area contributed by atoms with Gasteiger partial charge in [-0.3, -0.25) is 0 Å². The van der Waals surface area contributed by atoms with Crippen molar-refractivity contribution in [1.82, 2.24) is 14.9 Å². The number of aromatic amines is 1. The van der Waals surface area contributed by atoms with E-state index >= 15 is 0 Å². The van der Waals surface area contributed by atoms with E-state index in [1.165, 1.54) is 0 Å². The Morgan fingerprint density at radius 2 is 1.83 bits per heavy atom. The van der Waals surface area contributed by atoms with Crippen LogP contribution in [-0.2, 0) is 0 Å². The zero-order valence-corrected chi connectivity index (χ0v) is 17.4. The number of benzene rings is 2. The van der Waals surface area contributed by atoms with Gasteiger partial charge in [-0.2, -0.15) is 14.9 Å². The Morgan fingerprint density at radius 3 is 2.45 bits per heavy atom. The lowest BCUT2D eigenvalue weighted by molar-refractivity contribution is 0.324. The maximum Gasteiger partial charge on any atom is 0.216 e. The largest absolute Gasteiger partial charge is 0.494 e. The molecule has 152 valence electrons. The van der Waals surface area contributed by atoms with Crippen LogP contribution in [0.25, 0.3) is 11.4 Å². The molecule has 1 aromatic heterocycles. The van der Waals surface area contributed by atoms with E-state index < -0.39 is 0 Å². The SMILES string of the molecule is CCOc1cccc(-c2n[nH]c(=S)n2N=Cc2cc(OC)c(OC)c(OC)c2)c1. The predicted octanol–water partition coefficient (Wildman–Crippen LogP) is 3.91. The highest BCUT2D eigenvalue weighted by molar-refractivity contribution is 7.71. The highest BCUT2D eigenvalue weighted by Crippen LogP contribution is 2.37. The number of aromatic nitrogens is 3. The molecule has 0 unspecified atom stereocenters. The van der Waals surface area contributed by atoms with Crippen molar-refractivity contribution in [3.63, 3.8) is 0 Å². The summed E-state index contributed by atoms with van der Waals surface area (Å²) in [6.07, 6.45) is 1.64. The van der Waals surface area contributed by atoms with Crippen molar-refractivity contribution in [2.45, 2.75) is 6.92 Å². The summed E-state index contributed by atoms with van der Waals surface area (Å²) < 4.78 is 23.6. The normalized spacial score (nSPS) is 10.9. The fourth-order valence-electron chi connectivity index (χ4n) is 2.78. The van der Waals surface area contributed by atoms with Gasteiger partial charge in [0.25, 0.3) is 0 Å². The molecule has 0 bridgehead atoms. The first kappa shape index (κ1) is 20.4. The maximum absolute atomic E-state index is 5.57. The molecule has 0 spiro atoms. The van der Waals surface area contributed by atoms with Gasteiger partial charge in [0.1, 0.15) is 5.75 Å². The Hall–Kier alpha value is -3.33. The van der Waals surface area contributed by atoms with Gasteiger partial charge in [-0.1, -0.05) is 12.1 Å². The average Bonchev–Trinajstić information content (AvgIpc) is 3.12. The summed E-state index contributed by atoms with van der Waals surface area (Å²) in [4.78, 5) is 0. The lowest BCUT2D eigenvalue weighted by Crippen LogP contribution is -1.99. The lowest BCUT2D eigenvalue weighted by atomic mass is 10.2. The first-order valence-corrected chi connectivity index (χ1v) is 9.27. The van der Waals surface area contributed by atoms with Crippen molar-refractivity contribution >= 4 is 18.4 Å². The van der Waals surface area contributed by atoms with E-state index in [2.05, 4.69) is 15.3 Å². The number of hydrogen-bond acceptors (Lipinski definition) is 7. The second kappa shape index (κ2) is 9.24. The van der Waals surface area contributed by atoms with Gasteiger partial charge in [-0.25, -0.2) is 5.10 Å². The summed E-state index contributed by atoms with van der Waals surface area (Å²) in [5.74, 6) is 2.90. The monoisotopic (exact) mass is 414 g/mol. The molecule has 0 amide bonds. The maximum atomic E-state index is 5.57. The Labute approximate surface area is 173 Å². The molecule has 3 rings (SSSR count). The molecule has 3 aromatic rings. The molecule has 2 aromatic carbocycles. The van der Waals surface area contributed by atoms with E-state index in [1.807, 2.05) is 31.2 Å². The zero-order valence-electron chi connectivity index (χ0n) is 16.6. The molecule has 0 aliphatic carbocycles. The Bertz CT molecular complexity index is 1050. The van der Waals surface area contributed by atoms with Crippen LogP contribution in [0, 0.1) is 4.77 Å². The lowest BCUT2D eigenvalue weighted by Gasteiger charge is -2.12. The summed E-state index contributed by atoms with van der Waals surface area (Å²) in [5, 5.41) is 11.6. The van der Waals surface area contributed by atoms with E-state index in [9.17, 15) is 0 Å². The second-order valence-electron chi connectivity index (χ2n) is 5.83. The zero-order chi connectivity index (χ0) is 20.8. The van der Waals surface area contributed by atoms with E-state index in [1.54, 1.807) is 44.4 Å². The molecule has 0 aliphatic heterocycles. The molecule has 0 saturated carbocycles. The van der Waals surface area contributed by atoms with Gasteiger partial charge in [0.2, 0.25) is 10.5 Å². The molecule has 0 radical (unpaired) electrons. The minimum Gasteiger partial charge on any atom is -0.494 e. The van der Waals surface area contributed by atoms with E-state index in [0.29, 0.717) is 34.5 Å². The number of rotatable bonds is 8. The fraction of sp³-hybridized carbons (Fsp3) is 0.250. The van der Waals surface area contributed by atoms with Crippen LogP contribution in [0.4, 0.5) is 0 Å². The average molecular weight is 414 g/mol. The van der Waals surface area contributed by atoms with Crippen molar-refractivity contribution in [3.05, 3.63) is 46.7 Å². The number of nitrogens with one attached hydrogen (secondary N) is 1. The Morgan fingerprint density at radius 1 is 1.10 bits per heavy atom. The van der Waals surface area contributed by atoms with E-state index in [0.717, 1.165) is 16.9 Å². The fourth-order valence-corrected chi connectivity index (χ4v) is 2.96. The molecule has 9 heteroatoms. The number of H-pyrrole nitrogens is 1. The van der Waals surface area contributed by atoms with Crippen LogP contribution in [0.2, 0.25) is 0 Å². The minimum absolute atomic E-state index is 0.366. The molecular formula is C20H22N4O4S. The third-order valence-electron chi connectivity index (χ3n) is 4.06. The molecule has 1 heterocycles. The van der Waals surface area contributed by atoms with Gasteiger partial charge in [-0.05, 0) is 43.4 Å². The Kier molecular flexibility index (Phi) is 6.50. The summed E-state index contributed by atoms with van der Waals surface area (Å²) >= 11 is 5.34. The highest BCUT2D eigenvalue weighted by atomic mass is 32.1. The number of hydrogen-bond donors (Lipinski definition) is 1. The molecule has 29 heavy (non-hydrogen) atoms. The van der Waals surface area contributed by atoms with Crippen LogP contribution in [0.15, 0.2) is 41.5 Å². The van der Waals surface area contributed by atoms with E-state index in [-0.39, 0.29) is 0 Å². The van der Waals surface area contributed by atoms with Crippen LogP contribution in [-0.4, -0.2) is 49.0 Å². The third kappa shape index (κ3) is 4.40. The molecule has 0 atom stereocenters. The molecule has 8 nitrogen and oxygen atoms in total. The van der Waals surface area contributed by atoms with Crippen LogP contribution < -0.4 is 18.9 Å². The standard InChI is InChI=1S/C20H22N4O4S/c1-5-28-15-8-6-7-14(11-15)19-22-23-20(29)24(19)21-12-13-9-16(25-2)18(27-4)17(10-13)26-3/h6-12H,5H2,1-4H3,(H,23,29). The van der Waals surface area contributed by atoms with Gasteiger partial charge in [0.15, 0.2) is 17.3 Å². The predicted molar refractivity (Wildman–Crippen MR) is 113 cm³/mol. The van der Waals surface area contributed by atoms with Crippen molar-refractivity contribution in [2.24, 2.45) is 5.10 Å². The van der Waals surface area contributed by atoms with Gasteiger partial charge in [0, 0.05) is 11.1 Å². The van der Waals surface area contributed by atoms with E-state index in [4.69, 9.17) is 31.2 Å². The van der Waals surface area contributed by atoms with Gasteiger partial charge >= 0.3 is 0 Å². The van der Waals surface area contributed by atoms with Crippen LogP contribution >= 0.6 is 12.2 Å². The quantitative estimate of drug-likeness (QED) is 0.444. The van der Waals surface area contributed by atoms with Gasteiger partial charge < -0.3 is 18.9 Å². The second-order valence-corrected chi connectivity index (χ2v) is 6.21. The highest BCUT2D eigenvalue weighted by Gasteiger charge is 2.13. The number of nitrogens with zero attached hydrogens (tertiary/aromatic N) is 3. The van der Waals surface area contributed by atoms with Crippen molar-refractivity contribution in [2.75, 3.05) is 27.9 Å². The third-order valence-corrected chi connectivity index (χ3v) is 4.33. The van der Waals surface area contributed by atoms with Crippen molar-refractivity contribution in [3.8, 4) is 34.4 Å². The van der Waals surface area contributed by atoms with Gasteiger partial charge in [-0.15, -0.1) is 0 Å². The molecular weight excluding hydrogens is 392 g/mol. The van der Waals surface area contributed by atoms with Crippen molar-refractivity contribution < 1.29 is 18.9 Å². The first-order chi connectivity index (χ1) is 14.1. The van der Waals surface area contributed by atoms with Crippen LogP contribution in [0.5, 0.6) is 23.0 Å². The van der Waals surface area contributed by atoms with Gasteiger partial charge in [0.05, 0.1) is 34.2 Å². The summed E-state index contributed by atoms with van der Waals surface area (Å²) in [6, 6.07) is 11.2. The topological polar surface area (TPSA) is 82.9 Å². The minimum atomic E-state index is 0.366. The summed E-state index contributed by atoms with van der Waals surface area (Å²) in [6.45, 7) is 2.51. The summed E-state index contributed by atoms with van der Waals surface area (Å²) in [7, 11) is 4.68.